The first-order valence-electron chi connectivity index (χ1n) is 11.2. The smallest absolute Gasteiger partial charge is 0.411 e. The molecule has 2 fully saturated rings. The number of carbonyl (C=O) groups is 2. The topological polar surface area (TPSA) is 116 Å². The van der Waals surface area contributed by atoms with Gasteiger partial charge in [0.05, 0.1) is 35.9 Å². The molecule has 2 aliphatic heterocycles. The molecule has 11 heteroatoms. The molecular weight excluding hydrogens is 446 g/mol. The van der Waals surface area contributed by atoms with Crippen LogP contribution < -0.4 is 9.80 Å². The lowest BCUT2D eigenvalue weighted by Gasteiger charge is -2.40. The molecule has 1 atom stereocenters. The fourth-order valence-electron chi connectivity index (χ4n) is 4.64. The summed E-state index contributed by atoms with van der Waals surface area (Å²) in [6, 6.07) is 5.23. The van der Waals surface area contributed by atoms with Gasteiger partial charge in [0.15, 0.2) is 0 Å². The number of carbonyl (C=O) groups excluding carboxylic acids is 1. The normalized spacial score (nSPS) is 22.4. The second-order valence-electron chi connectivity index (χ2n) is 8.99. The van der Waals surface area contributed by atoms with Crippen LogP contribution in [0.1, 0.15) is 26.2 Å². The summed E-state index contributed by atoms with van der Waals surface area (Å²) in [6.07, 6.45) is 4.88. The van der Waals surface area contributed by atoms with Gasteiger partial charge in [-0.25, -0.2) is 17.5 Å². The van der Waals surface area contributed by atoms with E-state index in [1.54, 1.807) is 21.8 Å². The second-order valence-corrected chi connectivity index (χ2v) is 11.1. The fraction of sp³-hybridized carbons (Fsp3) is 0.500. The van der Waals surface area contributed by atoms with E-state index in [9.17, 15) is 23.1 Å². The number of hydrogen-bond donors (Lipinski definition) is 1. The molecule has 1 aromatic carbocycles. The monoisotopic (exact) mass is 473 g/mol. The molecule has 33 heavy (non-hydrogen) atoms. The maximum atomic E-state index is 12.9. The molecular formula is C22H27N5O5S. The van der Waals surface area contributed by atoms with E-state index in [1.807, 2.05) is 25.3 Å². The van der Waals surface area contributed by atoms with Crippen molar-refractivity contribution in [2.45, 2.75) is 38.8 Å². The predicted octanol–water partition coefficient (Wildman–Crippen LogP) is 2.22. The molecule has 5 rings (SSSR count). The van der Waals surface area contributed by atoms with E-state index in [2.05, 4.69) is 5.10 Å². The summed E-state index contributed by atoms with van der Waals surface area (Å²) >= 11 is 0. The number of nitrogens with zero attached hydrogens (tertiary/aromatic N) is 5. The lowest BCUT2D eigenvalue weighted by Crippen LogP contribution is -2.52. The first-order chi connectivity index (χ1) is 15.7. The van der Waals surface area contributed by atoms with Crippen molar-refractivity contribution in [2.75, 3.05) is 35.2 Å². The lowest BCUT2D eigenvalue weighted by molar-refractivity contribution is -0.120. The molecule has 1 aromatic heterocycles. The summed E-state index contributed by atoms with van der Waals surface area (Å²) in [6.45, 7) is 3.44. The molecule has 0 spiro atoms. The molecule has 3 heterocycles. The van der Waals surface area contributed by atoms with Gasteiger partial charge in [0.25, 0.3) is 0 Å². The number of sulfonamides is 1. The molecule has 0 bridgehead atoms. The van der Waals surface area contributed by atoms with Crippen LogP contribution in [0, 0.1) is 5.92 Å². The Morgan fingerprint density at radius 2 is 1.94 bits per heavy atom. The number of aromatic nitrogens is 2. The Balaban J connectivity index is 1.41. The van der Waals surface area contributed by atoms with Crippen molar-refractivity contribution in [2.24, 2.45) is 5.92 Å². The van der Waals surface area contributed by atoms with Crippen molar-refractivity contribution in [3.05, 3.63) is 30.6 Å². The van der Waals surface area contributed by atoms with Crippen molar-refractivity contribution in [3.63, 3.8) is 0 Å². The van der Waals surface area contributed by atoms with E-state index in [0.717, 1.165) is 24.0 Å². The van der Waals surface area contributed by atoms with Crippen LogP contribution >= 0.6 is 0 Å². The first-order valence-corrected chi connectivity index (χ1v) is 12.8. The summed E-state index contributed by atoms with van der Waals surface area (Å²) in [7, 11) is -3.15. The number of anilines is 2. The number of benzene rings is 1. The highest BCUT2D eigenvalue weighted by atomic mass is 32.2. The van der Waals surface area contributed by atoms with Crippen molar-refractivity contribution < 1.29 is 23.1 Å². The zero-order valence-electron chi connectivity index (χ0n) is 18.4. The summed E-state index contributed by atoms with van der Waals surface area (Å²) in [5, 5.41) is 14.1. The summed E-state index contributed by atoms with van der Waals surface area (Å²) in [4.78, 5) is 27.9. The van der Waals surface area contributed by atoms with Gasteiger partial charge in [-0.2, -0.15) is 5.10 Å². The molecule has 10 nitrogen and oxygen atoms in total. The maximum Gasteiger partial charge on any atom is 0.411 e. The van der Waals surface area contributed by atoms with Crippen LogP contribution in [0.5, 0.6) is 0 Å². The van der Waals surface area contributed by atoms with Gasteiger partial charge in [-0.15, -0.1) is 0 Å². The minimum atomic E-state index is -3.15. The van der Waals surface area contributed by atoms with Crippen LogP contribution in [0.4, 0.5) is 16.2 Å². The summed E-state index contributed by atoms with van der Waals surface area (Å²) in [5.74, 6) is 0.297. The molecule has 2 aromatic rings. The Bertz CT molecular complexity index is 1210. The molecule has 2 amide bonds. The van der Waals surface area contributed by atoms with Crippen LogP contribution in [0.2, 0.25) is 0 Å². The highest BCUT2D eigenvalue weighted by Crippen LogP contribution is 2.42. The molecule has 0 radical (unpaired) electrons. The molecule has 3 aliphatic rings. The molecule has 1 aliphatic carbocycles. The van der Waals surface area contributed by atoms with Crippen molar-refractivity contribution in [3.8, 4) is 11.1 Å². The second kappa shape index (κ2) is 8.14. The van der Waals surface area contributed by atoms with E-state index in [0.29, 0.717) is 37.4 Å². The average Bonchev–Trinajstić information content (AvgIpc) is 3.42. The minimum absolute atomic E-state index is 0.0361. The zero-order chi connectivity index (χ0) is 23.3. The Morgan fingerprint density at radius 1 is 1.15 bits per heavy atom. The predicted molar refractivity (Wildman–Crippen MR) is 123 cm³/mol. The standard InChI is InChI=1S/C22H27N5O5S/c1-15-13-26(22(29)30)20-11-17(5-6-19(20)27(15)21(28)16-3-4-16)18-12-23-24(14-18)8-9-25-7-2-10-33(25,31)32/h5-6,11-12,14-16H,2-4,7-10,13H2,1H3,(H,29,30)/t15-/m0/s1. The summed E-state index contributed by atoms with van der Waals surface area (Å²) < 4.78 is 27.2. The first kappa shape index (κ1) is 21.9. The number of hydrogen-bond acceptors (Lipinski definition) is 5. The zero-order valence-corrected chi connectivity index (χ0v) is 19.2. The molecule has 1 N–H and O–H groups in total. The van der Waals surface area contributed by atoms with Crippen LogP contribution in [-0.4, -0.2) is 71.0 Å². The SMILES string of the molecule is C[C@H]1CN(C(=O)O)c2cc(-c3cnn(CCN4CCCS4(=O)=O)c3)ccc2N1C(=O)C1CC1. The van der Waals surface area contributed by atoms with Crippen LogP contribution in [0.15, 0.2) is 30.6 Å². The molecule has 0 unspecified atom stereocenters. The number of rotatable bonds is 5. The van der Waals surface area contributed by atoms with Gasteiger partial charge >= 0.3 is 6.09 Å². The van der Waals surface area contributed by atoms with Gasteiger partial charge in [0.2, 0.25) is 15.9 Å². The van der Waals surface area contributed by atoms with E-state index in [4.69, 9.17) is 0 Å². The van der Waals surface area contributed by atoms with Gasteiger partial charge in [-0.1, -0.05) is 6.07 Å². The maximum absolute atomic E-state index is 12.9. The highest BCUT2D eigenvalue weighted by molar-refractivity contribution is 7.89. The molecule has 1 saturated heterocycles. The Hall–Kier alpha value is -2.92. The van der Waals surface area contributed by atoms with E-state index >= 15 is 0 Å². The Labute approximate surface area is 192 Å². The van der Waals surface area contributed by atoms with Crippen LogP contribution in [0.3, 0.4) is 0 Å². The Morgan fingerprint density at radius 3 is 2.61 bits per heavy atom. The fourth-order valence-corrected chi connectivity index (χ4v) is 6.16. The lowest BCUT2D eigenvalue weighted by atomic mass is 10.0. The third kappa shape index (κ3) is 4.10. The van der Waals surface area contributed by atoms with Gasteiger partial charge in [0.1, 0.15) is 0 Å². The minimum Gasteiger partial charge on any atom is -0.465 e. The van der Waals surface area contributed by atoms with E-state index in [1.165, 1.54) is 9.21 Å². The number of fused-ring (bicyclic) bond motifs is 1. The Kier molecular flexibility index (Phi) is 5.40. The quantitative estimate of drug-likeness (QED) is 0.712. The van der Waals surface area contributed by atoms with Gasteiger partial charge in [0, 0.05) is 37.3 Å². The average molecular weight is 474 g/mol. The van der Waals surface area contributed by atoms with Gasteiger partial charge in [-0.3, -0.25) is 14.4 Å². The van der Waals surface area contributed by atoms with Gasteiger partial charge < -0.3 is 10.0 Å². The summed E-state index contributed by atoms with van der Waals surface area (Å²) in [5.41, 5.74) is 2.69. The molecule has 176 valence electrons. The third-order valence-corrected chi connectivity index (χ3v) is 8.51. The van der Waals surface area contributed by atoms with Crippen molar-refractivity contribution in [1.82, 2.24) is 14.1 Å². The van der Waals surface area contributed by atoms with Gasteiger partial charge in [-0.05, 0) is 43.9 Å². The largest absolute Gasteiger partial charge is 0.465 e. The number of amides is 2. The van der Waals surface area contributed by atoms with Crippen molar-refractivity contribution >= 4 is 33.4 Å². The van der Waals surface area contributed by atoms with E-state index < -0.39 is 16.1 Å². The van der Waals surface area contributed by atoms with E-state index in [-0.39, 0.29) is 30.2 Å². The van der Waals surface area contributed by atoms with Crippen LogP contribution in [0.25, 0.3) is 11.1 Å². The van der Waals surface area contributed by atoms with Crippen molar-refractivity contribution in [1.29, 1.82) is 0 Å². The third-order valence-electron chi connectivity index (χ3n) is 6.56. The van der Waals surface area contributed by atoms with Crippen LogP contribution in [-0.2, 0) is 21.4 Å². The number of carboxylic acid groups (broad SMARTS) is 1. The molecule has 1 saturated carbocycles. The highest BCUT2D eigenvalue weighted by Gasteiger charge is 2.41.